The zero-order chi connectivity index (χ0) is 14.6. The summed E-state index contributed by atoms with van der Waals surface area (Å²) in [6.45, 7) is 7.32. The minimum Gasteiger partial charge on any atom is -0.326 e. The van der Waals surface area contributed by atoms with Crippen molar-refractivity contribution < 1.29 is 4.79 Å². The van der Waals surface area contributed by atoms with Crippen LogP contribution in [0.15, 0.2) is 0 Å². The van der Waals surface area contributed by atoms with Crippen LogP contribution in [0.3, 0.4) is 0 Å². The molecule has 2 fully saturated rings. The van der Waals surface area contributed by atoms with Crippen molar-refractivity contribution in [3.8, 4) is 0 Å². The Hall–Kier alpha value is -0.570. The maximum absolute atomic E-state index is 12.6. The van der Waals surface area contributed by atoms with Gasteiger partial charge in [0.25, 0.3) is 0 Å². The first-order valence-electron chi connectivity index (χ1n) is 8.69. The highest BCUT2D eigenvalue weighted by molar-refractivity contribution is 5.88. The van der Waals surface area contributed by atoms with Crippen LogP contribution in [0.5, 0.6) is 0 Å². The Morgan fingerprint density at radius 1 is 1.25 bits per heavy atom. The lowest BCUT2D eigenvalue weighted by Gasteiger charge is -2.24. The molecule has 2 unspecified atom stereocenters. The highest BCUT2D eigenvalue weighted by Gasteiger charge is 2.45. The van der Waals surface area contributed by atoms with Gasteiger partial charge in [0.15, 0.2) is 0 Å². The van der Waals surface area contributed by atoms with Crippen molar-refractivity contribution in [1.29, 1.82) is 0 Å². The normalized spacial score (nSPS) is 31.4. The molecule has 0 aromatic heterocycles. The van der Waals surface area contributed by atoms with Crippen molar-refractivity contribution in [2.75, 3.05) is 6.54 Å². The second kappa shape index (κ2) is 6.93. The molecule has 1 saturated heterocycles. The van der Waals surface area contributed by atoms with Gasteiger partial charge >= 0.3 is 0 Å². The lowest BCUT2D eigenvalue weighted by atomic mass is 9.99. The fourth-order valence-electron chi connectivity index (χ4n) is 3.83. The Morgan fingerprint density at radius 3 is 2.55 bits per heavy atom. The number of nitrogens with one attached hydrogen (secondary N) is 1. The lowest BCUT2D eigenvalue weighted by molar-refractivity contribution is -0.133. The van der Waals surface area contributed by atoms with E-state index >= 15 is 0 Å². The molecule has 116 valence electrons. The largest absolute Gasteiger partial charge is 0.326 e. The summed E-state index contributed by atoms with van der Waals surface area (Å²) in [5.74, 6) is 1.26. The molecule has 2 rings (SSSR count). The van der Waals surface area contributed by atoms with E-state index in [-0.39, 0.29) is 11.7 Å². The van der Waals surface area contributed by atoms with E-state index in [1.807, 2.05) is 0 Å². The van der Waals surface area contributed by atoms with E-state index in [0.717, 1.165) is 31.7 Å². The maximum atomic E-state index is 12.6. The standard InChI is InChI=1S/C17H32N2O/c1-4-9-15-18-17(3,5-2)16(20)19(15)13-8-12-14-10-6-7-11-14/h14-15,18H,4-13H2,1-3H3. The Morgan fingerprint density at radius 2 is 1.95 bits per heavy atom. The predicted molar refractivity (Wildman–Crippen MR) is 83.4 cm³/mol. The highest BCUT2D eigenvalue weighted by Crippen LogP contribution is 2.30. The topological polar surface area (TPSA) is 32.3 Å². The lowest BCUT2D eigenvalue weighted by Crippen LogP contribution is -2.43. The summed E-state index contributed by atoms with van der Waals surface area (Å²) in [4.78, 5) is 14.8. The average molecular weight is 280 g/mol. The molecule has 2 atom stereocenters. The van der Waals surface area contributed by atoms with E-state index < -0.39 is 0 Å². The first kappa shape index (κ1) is 15.8. The molecule has 0 bridgehead atoms. The van der Waals surface area contributed by atoms with Crippen LogP contribution in [0, 0.1) is 5.92 Å². The van der Waals surface area contributed by atoms with Gasteiger partial charge in [0.1, 0.15) is 0 Å². The smallest absolute Gasteiger partial charge is 0.243 e. The number of hydrogen-bond donors (Lipinski definition) is 1. The summed E-state index contributed by atoms with van der Waals surface area (Å²) in [6, 6.07) is 0. The third-order valence-corrected chi connectivity index (χ3v) is 5.35. The molecule has 1 heterocycles. The van der Waals surface area contributed by atoms with Crippen molar-refractivity contribution in [2.24, 2.45) is 5.92 Å². The van der Waals surface area contributed by atoms with Crippen molar-refractivity contribution in [1.82, 2.24) is 10.2 Å². The minimum atomic E-state index is -0.326. The van der Waals surface area contributed by atoms with Gasteiger partial charge in [0.2, 0.25) is 5.91 Å². The van der Waals surface area contributed by atoms with Gasteiger partial charge in [-0.2, -0.15) is 0 Å². The van der Waals surface area contributed by atoms with Crippen LogP contribution in [-0.2, 0) is 4.79 Å². The Bertz CT molecular complexity index is 325. The molecule has 2 aliphatic rings. The second-order valence-corrected chi connectivity index (χ2v) is 6.93. The number of carbonyl (C=O) groups is 1. The highest BCUT2D eigenvalue weighted by atomic mass is 16.2. The van der Waals surface area contributed by atoms with Crippen LogP contribution in [0.2, 0.25) is 0 Å². The van der Waals surface area contributed by atoms with E-state index in [9.17, 15) is 4.79 Å². The third kappa shape index (κ3) is 3.36. The molecule has 1 aliphatic carbocycles. The van der Waals surface area contributed by atoms with Gasteiger partial charge in [-0.15, -0.1) is 0 Å². The summed E-state index contributed by atoms with van der Waals surface area (Å²) >= 11 is 0. The van der Waals surface area contributed by atoms with Crippen molar-refractivity contribution in [2.45, 2.75) is 90.3 Å². The summed E-state index contributed by atoms with van der Waals surface area (Å²) in [7, 11) is 0. The number of carbonyl (C=O) groups excluding carboxylic acids is 1. The van der Waals surface area contributed by atoms with Crippen LogP contribution in [0.25, 0.3) is 0 Å². The van der Waals surface area contributed by atoms with Crippen LogP contribution in [0.1, 0.15) is 78.6 Å². The monoisotopic (exact) mass is 280 g/mol. The Balaban J connectivity index is 1.87. The van der Waals surface area contributed by atoms with E-state index in [4.69, 9.17) is 0 Å². The molecule has 20 heavy (non-hydrogen) atoms. The molecule has 1 saturated carbocycles. The van der Waals surface area contributed by atoms with Crippen LogP contribution < -0.4 is 5.32 Å². The number of amides is 1. The summed E-state index contributed by atoms with van der Waals surface area (Å²) < 4.78 is 0. The SMILES string of the molecule is CCCC1NC(C)(CC)C(=O)N1CCCC1CCCC1. The zero-order valence-electron chi connectivity index (χ0n) is 13.6. The molecule has 1 N–H and O–H groups in total. The molecule has 0 aromatic rings. The molecule has 1 aliphatic heterocycles. The van der Waals surface area contributed by atoms with Gasteiger partial charge in [-0.3, -0.25) is 10.1 Å². The summed E-state index contributed by atoms with van der Waals surface area (Å²) in [6.07, 6.45) is 11.5. The van der Waals surface area contributed by atoms with E-state index in [1.165, 1.54) is 38.5 Å². The number of hydrogen-bond acceptors (Lipinski definition) is 2. The number of nitrogens with zero attached hydrogens (tertiary/aromatic N) is 1. The molecule has 3 nitrogen and oxygen atoms in total. The van der Waals surface area contributed by atoms with E-state index in [0.29, 0.717) is 5.91 Å². The van der Waals surface area contributed by atoms with Crippen molar-refractivity contribution in [3.05, 3.63) is 0 Å². The van der Waals surface area contributed by atoms with E-state index in [1.54, 1.807) is 0 Å². The molecule has 0 spiro atoms. The van der Waals surface area contributed by atoms with Crippen molar-refractivity contribution >= 4 is 5.91 Å². The fraction of sp³-hybridized carbons (Fsp3) is 0.941. The first-order valence-corrected chi connectivity index (χ1v) is 8.69. The molecular weight excluding hydrogens is 248 g/mol. The van der Waals surface area contributed by atoms with Crippen LogP contribution >= 0.6 is 0 Å². The van der Waals surface area contributed by atoms with Gasteiger partial charge in [-0.25, -0.2) is 0 Å². The number of rotatable bonds is 7. The van der Waals surface area contributed by atoms with Crippen LogP contribution in [0.4, 0.5) is 0 Å². The Labute approximate surface area is 124 Å². The fourth-order valence-corrected chi connectivity index (χ4v) is 3.83. The van der Waals surface area contributed by atoms with Gasteiger partial charge in [0.05, 0.1) is 11.7 Å². The van der Waals surface area contributed by atoms with Crippen molar-refractivity contribution in [3.63, 3.8) is 0 Å². The summed E-state index contributed by atoms with van der Waals surface area (Å²) in [5, 5.41) is 3.57. The first-order chi connectivity index (χ1) is 9.60. The van der Waals surface area contributed by atoms with Gasteiger partial charge in [0, 0.05) is 6.54 Å². The molecule has 1 amide bonds. The zero-order valence-corrected chi connectivity index (χ0v) is 13.6. The quantitative estimate of drug-likeness (QED) is 0.771. The molecule has 0 radical (unpaired) electrons. The van der Waals surface area contributed by atoms with Crippen LogP contribution in [-0.4, -0.2) is 29.1 Å². The van der Waals surface area contributed by atoms with Gasteiger partial charge < -0.3 is 4.90 Å². The van der Waals surface area contributed by atoms with Gasteiger partial charge in [-0.05, 0) is 38.5 Å². The van der Waals surface area contributed by atoms with Gasteiger partial charge in [-0.1, -0.05) is 46.0 Å². The molecule has 0 aromatic carbocycles. The molecule has 3 heteroatoms. The average Bonchev–Trinajstić information content (AvgIpc) is 3.02. The predicted octanol–water partition coefficient (Wildman–Crippen LogP) is 3.68. The summed E-state index contributed by atoms with van der Waals surface area (Å²) in [5.41, 5.74) is -0.326. The second-order valence-electron chi connectivity index (χ2n) is 6.93. The minimum absolute atomic E-state index is 0.265. The van der Waals surface area contributed by atoms with E-state index in [2.05, 4.69) is 31.0 Å². The third-order valence-electron chi connectivity index (χ3n) is 5.35. The molecular formula is C17H32N2O. The maximum Gasteiger partial charge on any atom is 0.243 e. The Kier molecular flexibility index (Phi) is 5.48.